The van der Waals surface area contributed by atoms with Crippen LogP contribution in [0.3, 0.4) is 0 Å². The average molecular weight is 255 g/mol. The van der Waals surface area contributed by atoms with E-state index in [4.69, 9.17) is 0 Å². The summed E-state index contributed by atoms with van der Waals surface area (Å²) in [6, 6.07) is 9.99. The summed E-state index contributed by atoms with van der Waals surface area (Å²) < 4.78 is 0. The predicted molar refractivity (Wildman–Crippen MR) is 75.2 cm³/mol. The fraction of sp³-hybridized carbons (Fsp3) is 0.143. The number of hydrogen-bond acceptors (Lipinski definition) is 4. The molecule has 0 fully saturated rings. The molecule has 0 atom stereocenters. The molecule has 0 saturated heterocycles. The van der Waals surface area contributed by atoms with Crippen molar-refractivity contribution in [2.75, 3.05) is 11.6 Å². The maximum atomic E-state index is 9.26. The van der Waals surface area contributed by atoms with Crippen LogP contribution >= 0.6 is 11.8 Å². The number of pyridine rings is 1. The quantitative estimate of drug-likeness (QED) is 0.849. The number of anilines is 2. The molecular weight excluding hydrogens is 242 g/mol. The molecule has 1 aromatic carbocycles. The number of rotatable bonds is 3. The van der Waals surface area contributed by atoms with Gasteiger partial charge in [-0.25, -0.2) is 0 Å². The van der Waals surface area contributed by atoms with E-state index in [9.17, 15) is 5.26 Å². The molecule has 18 heavy (non-hydrogen) atoms. The van der Waals surface area contributed by atoms with Crippen LogP contribution in [0.4, 0.5) is 11.4 Å². The molecule has 0 spiro atoms. The smallest absolute Gasteiger partial charge is 0.103 e. The second-order valence-corrected chi connectivity index (χ2v) is 4.66. The molecule has 1 heterocycles. The number of hydrogen-bond donors (Lipinski definition) is 1. The standard InChI is InChI=1S/C14H13N3S/c1-10-6-7-16-9-13(10)17-12-4-3-5-14(18-2)11(12)8-15/h3-7,9,17H,1-2H3. The fourth-order valence-electron chi connectivity index (χ4n) is 1.66. The Morgan fingerprint density at radius 2 is 2.11 bits per heavy atom. The van der Waals surface area contributed by atoms with E-state index in [-0.39, 0.29) is 0 Å². The van der Waals surface area contributed by atoms with Gasteiger partial charge in [-0.1, -0.05) is 6.07 Å². The largest absolute Gasteiger partial charge is 0.353 e. The summed E-state index contributed by atoms with van der Waals surface area (Å²) in [6.45, 7) is 2.01. The van der Waals surface area contributed by atoms with Gasteiger partial charge in [0.1, 0.15) is 6.07 Å². The van der Waals surface area contributed by atoms with E-state index in [1.54, 1.807) is 24.2 Å². The van der Waals surface area contributed by atoms with Crippen LogP contribution in [-0.4, -0.2) is 11.2 Å². The van der Waals surface area contributed by atoms with Crippen LogP contribution in [0, 0.1) is 18.3 Å². The van der Waals surface area contributed by atoms with Crippen molar-refractivity contribution in [2.45, 2.75) is 11.8 Å². The van der Waals surface area contributed by atoms with Crippen LogP contribution in [-0.2, 0) is 0 Å². The summed E-state index contributed by atoms with van der Waals surface area (Å²) >= 11 is 1.57. The van der Waals surface area contributed by atoms with Crippen LogP contribution in [0.2, 0.25) is 0 Å². The first-order chi connectivity index (χ1) is 8.76. The Balaban J connectivity index is 2.42. The highest BCUT2D eigenvalue weighted by Gasteiger charge is 2.08. The molecule has 2 aromatic rings. The normalized spacial score (nSPS) is 9.83. The molecule has 1 N–H and O–H groups in total. The van der Waals surface area contributed by atoms with Crippen molar-refractivity contribution in [1.82, 2.24) is 4.98 Å². The molecule has 0 bridgehead atoms. The molecule has 0 unspecified atom stereocenters. The molecule has 0 amide bonds. The Hall–Kier alpha value is -1.99. The van der Waals surface area contributed by atoms with Crippen molar-refractivity contribution in [2.24, 2.45) is 0 Å². The zero-order valence-corrected chi connectivity index (χ0v) is 11.1. The van der Waals surface area contributed by atoms with E-state index < -0.39 is 0 Å². The van der Waals surface area contributed by atoms with Gasteiger partial charge in [-0.05, 0) is 36.9 Å². The summed E-state index contributed by atoms with van der Waals surface area (Å²) in [5, 5.41) is 12.5. The summed E-state index contributed by atoms with van der Waals surface area (Å²) in [7, 11) is 0. The zero-order chi connectivity index (χ0) is 13.0. The van der Waals surface area contributed by atoms with E-state index in [1.807, 2.05) is 37.4 Å². The van der Waals surface area contributed by atoms with Crippen LogP contribution in [0.25, 0.3) is 0 Å². The van der Waals surface area contributed by atoms with Gasteiger partial charge in [0.25, 0.3) is 0 Å². The molecule has 2 rings (SSSR count). The van der Waals surface area contributed by atoms with E-state index in [0.29, 0.717) is 5.56 Å². The van der Waals surface area contributed by atoms with Gasteiger partial charge in [0.2, 0.25) is 0 Å². The zero-order valence-electron chi connectivity index (χ0n) is 10.3. The summed E-state index contributed by atoms with van der Waals surface area (Å²) in [6.07, 6.45) is 5.49. The van der Waals surface area contributed by atoms with Gasteiger partial charge in [0.15, 0.2) is 0 Å². The number of aromatic nitrogens is 1. The minimum atomic E-state index is 0.674. The molecule has 0 aliphatic rings. The van der Waals surface area contributed by atoms with Gasteiger partial charge in [0, 0.05) is 11.1 Å². The average Bonchev–Trinajstić information content (AvgIpc) is 2.41. The highest BCUT2D eigenvalue weighted by Crippen LogP contribution is 2.29. The number of aryl methyl sites for hydroxylation is 1. The third kappa shape index (κ3) is 2.47. The second-order valence-electron chi connectivity index (χ2n) is 3.81. The van der Waals surface area contributed by atoms with Crippen molar-refractivity contribution in [3.05, 3.63) is 47.8 Å². The van der Waals surface area contributed by atoms with Crippen molar-refractivity contribution in [3.63, 3.8) is 0 Å². The van der Waals surface area contributed by atoms with Crippen molar-refractivity contribution >= 4 is 23.1 Å². The monoisotopic (exact) mass is 255 g/mol. The Labute approximate surface area is 111 Å². The fourth-order valence-corrected chi connectivity index (χ4v) is 2.24. The van der Waals surface area contributed by atoms with Crippen LogP contribution < -0.4 is 5.32 Å². The highest BCUT2D eigenvalue weighted by molar-refractivity contribution is 7.98. The predicted octanol–water partition coefficient (Wildman–Crippen LogP) is 3.73. The maximum absolute atomic E-state index is 9.26. The first-order valence-corrected chi connectivity index (χ1v) is 6.73. The summed E-state index contributed by atoms with van der Waals surface area (Å²) in [5.74, 6) is 0. The third-order valence-electron chi connectivity index (χ3n) is 2.67. The Morgan fingerprint density at radius 1 is 1.28 bits per heavy atom. The minimum Gasteiger partial charge on any atom is -0.353 e. The van der Waals surface area contributed by atoms with Gasteiger partial charge < -0.3 is 5.32 Å². The maximum Gasteiger partial charge on any atom is 0.103 e. The molecule has 0 aliphatic heterocycles. The number of nitriles is 1. The van der Waals surface area contributed by atoms with E-state index in [2.05, 4.69) is 16.4 Å². The van der Waals surface area contributed by atoms with E-state index in [1.165, 1.54) is 0 Å². The lowest BCUT2D eigenvalue weighted by Crippen LogP contribution is -1.97. The third-order valence-corrected chi connectivity index (χ3v) is 3.45. The first-order valence-electron chi connectivity index (χ1n) is 5.51. The van der Waals surface area contributed by atoms with Gasteiger partial charge in [0.05, 0.1) is 23.1 Å². The Morgan fingerprint density at radius 3 is 2.78 bits per heavy atom. The summed E-state index contributed by atoms with van der Waals surface area (Å²) in [4.78, 5) is 5.07. The van der Waals surface area contributed by atoms with E-state index >= 15 is 0 Å². The first kappa shape index (κ1) is 12.5. The molecule has 90 valence electrons. The topological polar surface area (TPSA) is 48.7 Å². The SMILES string of the molecule is CSc1cccc(Nc2cnccc2C)c1C#N. The number of nitrogens with zero attached hydrogens (tertiary/aromatic N) is 2. The van der Waals surface area contributed by atoms with Crippen molar-refractivity contribution in [1.29, 1.82) is 5.26 Å². The molecule has 0 radical (unpaired) electrons. The number of nitrogens with one attached hydrogen (secondary N) is 1. The van der Waals surface area contributed by atoms with Gasteiger partial charge >= 0.3 is 0 Å². The molecule has 1 aromatic heterocycles. The lowest BCUT2D eigenvalue weighted by molar-refractivity contribution is 1.27. The van der Waals surface area contributed by atoms with Gasteiger partial charge in [-0.2, -0.15) is 5.26 Å². The lowest BCUT2D eigenvalue weighted by Gasteiger charge is -2.11. The highest BCUT2D eigenvalue weighted by atomic mass is 32.2. The van der Waals surface area contributed by atoms with Crippen LogP contribution in [0.5, 0.6) is 0 Å². The van der Waals surface area contributed by atoms with Crippen molar-refractivity contribution < 1.29 is 0 Å². The number of thioether (sulfide) groups is 1. The molecule has 0 saturated carbocycles. The molecule has 4 heteroatoms. The van der Waals surface area contributed by atoms with Gasteiger partial charge in [-0.15, -0.1) is 11.8 Å². The number of benzene rings is 1. The molecule has 0 aliphatic carbocycles. The Kier molecular flexibility index (Phi) is 3.85. The minimum absolute atomic E-state index is 0.674. The lowest BCUT2D eigenvalue weighted by atomic mass is 10.1. The van der Waals surface area contributed by atoms with Crippen molar-refractivity contribution in [3.8, 4) is 6.07 Å². The second kappa shape index (κ2) is 5.56. The summed E-state index contributed by atoms with van der Waals surface area (Å²) in [5.41, 5.74) is 3.52. The van der Waals surface area contributed by atoms with Crippen LogP contribution in [0.15, 0.2) is 41.6 Å². The van der Waals surface area contributed by atoms with Crippen LogP contribution in [0.1, 0.15) is 11.1 Å². The van der Waals surface area contributed by atoms with Gasteiger partial charge in [-0.3, -0.25) is 4.98 Å². The molecular formula is C14H13N3S. The van der Waals surface area contributed by atoms with E-state index in [0.717, 1.165) is 21.8 Å². The molecule has 3 nitrogen and oxygen atoms in total. The Bertz CT molecular complexity index is 602.